The Morgan fingerprint density at radius 2 is 1.40 bits per heavy atom. The fourth-order valence-corrected chi connectivity index (χ4v) is 4.67. The van der Waals surface area contributed by atoms with E-state index in [9.17, 15) is 8.42 Å². The summed E-state index contributed by atoms with van der Waals surface area (Å²) < 4.78 is 28.9. The van der Waals surface area contributed by atoms with Crippen LogP contribution in [0, 0.1) is 6.92 Å². The first kappa shape index (κ1) is 21.8. The van der Waals surface area contributed by atoms with Crippen LogP contribution < -0.4 is 4.72 Å². The summed E-state index contributed by atoms with van der Waals surface area (Å²) in [6.07, 6.45) is 6.29. The van der Waals surface area contributed by atoms with E-state index in [2.05, 4.69) is 35.6 Å². The molecule has 3 nitrogen and oxygen atoms in total. The van der Waals surface area contributed by atoms with Gasteiger partial charge >= 0.3 is 0 Å². The summed E-state index contributed by atoms with van der Waals surface area (Å²) in [5, 5.41) is 0. The van der Waals surface area contributed by atoms with Crippen LogP contribution in [0.15, 0.2) is 115 Å². The maximum absolute atomic E-state index is 13.0. The SMILES string of the molecule is C=C/C=C/CC(CNS(=O)(=O)c1ccc(C)cc1)(c1ccccc1)c1ccccc1. The molecule has 0 saturated carbocycles. The van der Waals surface area contributed by atoms with Crippen LogP contribution in [0.25, 0.3) is 0 Å². The molecule has 0 unspecified atom stereocenters. The number of nitrogens with one attached hydrogen (secondary N) is 1. The smallest absolute Gasteiger partial charge is 0.210 e. The lowest BCUT2D eigenvalue weighted by molar-refractivity contribution is 0.499. The zero-order chi connectivity index (χ0) is 21.5. The Kier molecular flexibility index (Phi) is 7.03. The van der Waals surface area contributed by atoms with E-state index >= 15 is 0 Å². The molecular weight excluding hydrogens is 390 g/mol. The van der Waals surface area contributed by atoms with Gasteiger partial charge in [-0.15, -0.1) is 0 Å². The largest absolute Gasteiger partial charge is 0.240 e. The van der Waals surface area contributed by atoms with Crippen molar-refractivity contribution in [1.29, 1.82) is 0 Å². The first-order valence-corrected chi connectivity index (χ1v) is 11.4. The van der Waals surface area contributed by atoms with Gasteiger partial charge in [0, 0.05) is 12.0 Å². The molecule has 0 bridgehead atoms. The molecule has 3 rings (SSSR count). The van der Waals surface area contributed by atoms with Gasteiger partial charge in [-0.05, 0) is 36.6 Å². The van der Waals surface area contributed by atoms with Gasteiger partial charge in [0.2, 0.25) is 10.0 Å². The van der Waals surface area contributed by atoms with Crippen LogP contribution in [-0.4, -0.2) is 15.0 Å². The van der Waals surface area contributed by atoms with Gasteiger partial charge in [-0.1, -0.05) is 103 Å². The molecule has 0 saturated heterocycles. The van der Waals surface area contributed by atoms with E-state index in [1.54, 1.807) is 18.2 Å². The van der Waals surface area contributed by atoms with Crippen molar-refractivity contribution in [2.45, 2.75) is 23.7 Å². The average molecular weight is 418 g/mol. The van der Waals surface area contributed by atoms with Gasteiger partial charge < -0.3 is 0 Å². The number of rotatable bonds is 9. The van der Waals surface area contributed by atoms with Crippen LogP contribution in [0.1, 0.15) is 23.1 Å². The summed E-state index contributed by atoms with van der Waals surface area (Å²) in [7, 11) is -3.65. The van der Waals surface area contributed by atoms with E-state index in [0.717, 1.165) is 16.7 Å². The predicted molar refractivity (Wildman–Crippen MR) is 124 cm³/mol. The van der Waals surface area contributed by atoms with Crippen molar-refractivity contribution < 1.29 is 8.42 Å². The van der Waals surface area contributed by atoms with Crippen molar-refractivity contribution in [3.63, 3.8) is 0 Å². The lowest BCUT2D eigenvalue weighted by Crippen LogP contribution is -2.41. The van der Waals surface area contributed by atoms with Gasteiger partial charge in [0.1, 0.15) is 0 Å². The highest BCUT2D eigenvalue weighted by Crippen LogP contribution is 2.36. The van der Waals surface area contributed by atoms with Crippen LogP contribution in [-0.2, 0) is 15.4 Å². The van der Waals surface area contributed by atoms with Gasteiger partial charge in [0.05, 0.1) is 4.90 Å². The third-order valence-electron chi connectivity index (χ3n) is 5.29. The minimum Gasteiger partial charge on any atom is -0.210 e. The van der Waals surface area contributed by atoms with Gasteiger partial charge in [-0.3, -0.25) is 0 Å². The Labute approximate surface area is 179 Å². The molecule has 1 N–H and O–H groups in total. The second kappa shape index (κ2) is 9.70. The number of aryl methyl sites for hydroxylation is 1. The maximum Gasteiger partial charge on any atom is 0.240 e. The fraction of sp³-hybridized carbons (Fsp3) is 0.154. The van der Waals surface area contributed by atoms with Crippen molar-refractivity contribution in [3.05, 3.63) is 126 Å². The predicted octanol–water partition coefficient (Wildman–Crippen LogP) is 5.39. The van der Waals surface area contributed by atoms with Gasteiger partial charge in [-0.25, -0.2) is 13.1 Å². The Morgan fingerprint density at radius 1 is 0.867 bits per heavy atom. The summed E-state index contributed by atoms with van der Waals surface area (Å²) in [4.78, 5) is 0.268. The number of sulfonamides is 1. The molecule has 3 aromatic rings. The molecule has 0 aromatic heterocycles. The lowest BCUT2D eigenvalue weighted by atomic mass is 9.72. The molecule has 3 aromatic carbocycles. The third kappa shape index (κ3) is 4.96. The zero-order valence-electron chi connectivity index (χ0n) is 17.2. The van der Waals surface area contributed by atoms with E-state index in [4.69, 9.17) is 0 Å². The second-order valence-corrected chi connectivity index (χ2v) is 9.09. The first-order valence-electron chi connectivity index (χ1n) is 9.93. The molecule has 0 aliphatic rings. The van der Waals surface area contributed by atoms with E-state index < -0.39 is 15.4 Å². The molecule has 0 radical (unpaired) electrons. The number of benzene rings is 3. The van der Waals surface area contributed by atoms with Crippen molar-refractivity contribution in [2.24, 2.45) is 0 Å². The first-order chi connectivity index (χ1) is 14.5. The molecule has 0 heterocycles. The lowest BCUT2D eigenvalue weighted by Gasteiger charge is -2.34. The highest BCUT2D eigenvalue weighted by atomic mass is 32.2. The van der Waals surface area contributed by atoms with Gasteiger partial charge in [0.15, 0.2) is 0 Å². The fourth-order valence-electron chi connectivity index (χ4n) is 3.58. The van der Waals surface area contributed by atoms with Crippen LogP contribution in [0.3, 0.4) is 0 Å². The molecule has 30 heavy (non-hydrogen) atoms. The number of hydrogen-bond donors (Lipinski definition) is 1. The highest BCUT2D eigenvalue weighted by molar-refractivity contribution is 7.89. The average Bonchev–Trinajstić information content (AvgIpc) is 2.78. The minimum absolute atomic E-state index is 0.235. The molecule has 0 aliphatic carbocycles. The van der Waals surface area contributed by atoms with Crippen molar-refractivity contribution in [2.75, 3.05) is 6.54 Å². The highest BCUT2D eigenvalue weighted by Gasteiger charge is 2.34. The third-order valence-corrected chi connectivity index (χ3v) is 6.70. The van der Waals surface area contributed by atoms with Gasteiger partial charge in [0.25, 0.3) is 0 Å². The molecule has 0 aliphatic heterocycles. The molecular formula is C26H27NO2S. The normalized spacial score (nSPS) is 12.2. The Balaban J connectivity index is 2.05. The maximum atomic E-state index is 13.0. The molecule has 0 atom stereocenters. The van der Waals surface area contributed by atoms with E-state index in [0.29, 0.717) is 6.42 Å². The topological polar surface area (TPSA) is 46.2 Å². The number of hydrogen-bond acceptors (Lipinski definition) is 2. The monoisotopic (exact) mass is 417 g/mol. The summed E-state index contributed by atoms with van der Waals surface area (Å²) in [5.41, 5.74) is 2.57. The Bertz CT molecular complexity index is 1050. The standard InChI is InChI=1S/C26H27NO2S/c1-3-4-11-20-26(23-12-7-5-8-13-23,24-14-9-6-10-15-24)21-27-30(28,29)25-18-16-22(2)17-19-25/h3-19,27H,1,20-21H2,2H3/b11-4+. The second-order valence-electron chi connectivity index (χ2n) is 7.32. The molecule has 0 spiro atoms. The van der Waals surface area contributed by atoms with Crippen LogP contribution >= 0.6 is 0 Å². The Hall–Kier alpha value is -2.95. The van der Waals surface area contributed by atoms with Crippen LogP contribution in [0.5, 0.6) is 0 Å². The molecule has 0 fully saturated rings. The van der Waals surface area contributed by atoms with E-state index in [-0.39, 0.29) is 11.4 Å². The van der Waals surface area contributed by atoms with Crippen LogP contribution in [0.4, 0.5) is 0 Å². The summed E-state index contributed by atoms with van der Waals surface area (Å²) in [5.74, 6) is 0. The minimum atomic E-state index is -3.65. The zero-order valence-corrected chi connectivity index (χ0v) is 18.0. The van der Waals surface area contributed by atoms with Crippen molar-refractivity contribution in [1.82, 2.24) is 4.72 Å². The van der Waals surface area contributed by atoms with E-state index in [1.165, 1.54) is 0 Å². The van der Waals surface area contributed by atoms with Crippen molar-refractivity contribution >= 4 is 10.0 Å². The van der Waals surface area contributed by atoms with Gasteiger partial charge in [-0.2, -0.15) is 0 Å². The summed E-state index contributed by atoms with van der Waals surface area (Å²) in [6, 6.07) is 27.0. The van der Waals surface area contributed by atoms with Crippen LogP contribution in [0.2, 0.25) is 0 Å². The van der Waals surface area contributed by atoms with E-state index in [1.807, 2.05) is 67.6 Å². The Morgan fingerprint density at radius 3 is 1.90 bits per heavy atom. The molecule has 0 amide bonds. The number of allylic oxidation sites excluding steroid dienone is 3. The summed E-state index contributed by atoms with van der Waals surface area (Å²) >= 11 is 0. The quantitative estimate of drug-likeness (QED) is 0.474. The summed E-state index contributed by atoms with van der Waals surface area (Å²) in [6.45, 7) is 5.93. The molecule has 154 valence electrons. The van der Waals surface area contributed by atoms with Crippen molar-refractivity contribution in [3.8, 4) is 0 Å². The molecule has 4 heteroatoms.